The molecule has 2 heterocycles. The van der Waals surface area contributed by atoms with Crippen LogP contribution in [-0.4, -0.2) is 25.5 Å². The molecule has 0 aliphatic rings. The second-order valence-corrected chi connectivity index (χ2v) is 9.83. The lowest BCUT2D eigenvalue weighted by molar-refractivity contribution is 0.0989. The third kappa shape index (κ3) is 5.29. The first-order valence-corrected chi connectivity index (χ1v) is 12.7. The van der Waals surface area contributed by atoms with Crippen LogP contribution in [0.15, 0.2) is 109 Å². The van der Waals surface area contributed by atoms with E-state index in [-0.39, 0.29) is 5.78 Å². The number of thioether (sulfide) groups is 1. The zero-order valence-electron chi connectivity index (χ0n) is 20.2. The van der Waals surface area contributed by atoms with Crippen LogP contribution in [0.5, 0.6) is 0 Å². The lowest BCUT2D eigenvalue weighted by Gasteiger charge is -2.17. The Morgan fingerprint density at radius 3 is 2.19 bits per heavy atom. The molecule has 0 N–H and O–H groups in total. The standard InChI is InChI=1S/C30H26N4OS/c1-21-10-14-24(15-11-21)27(35)28(25-16-12-22(2)13-17-25)36-30-33-32-29(26-9-6-18-31-19-26)34(30)20-23-7-4-3-5-8-23/h3-19,28H,20H2,1-2H3. The average molecular weight is 491 g/mol. The van der Waals surface area contributed by atoms with Crippen molar-refractivity contribution in [1.82, 2.24) is 19.7 Å². The molecule has 6 heteroatoms. The molecule has 5 aromatic rings. The van der Waals surface area contributed by atoms with Crippen LogP contribution in [0, 0.1) is 13.8 Å². The summed E-state index contributed by atoms with van der Waals surface area (Å²) in [6, 6.07) is 29.9. The van der Waals surface area contributed by atoms with Crippen molar-refractivity contribution in [3.63, 3.8) is 0 Å². The van der Waals surface area contributed by atoms with Gasteiger partial charge in [0.1, 0.15) is 5.25 Å². The molecule has 2 aromatic heterocycles. The summed E-state index contributed by atoms with van der Waals surface area (Å²) in [5.74, 6) is 0.765. The summed E-state index contributed by atoms with van der Waals surface area (Å²) in [5.41, 5.74) is 5.89. The molecule has 0 saturated carbocycles. The lowest BCUT2D eigenvalue weighted by atomic mass is 10.0. The maximum absolute atomic E-state index is 13.8. The van der Waals surface area contributed by atoms with Crippen LogP contribution in [0.2, 0.25) is 0 Å². The molecule has 0 amide bonds. The number of aromatic nitrogens is 4. The van der Waals surface area contributed by atoms with Gasteiger partial charge in [-0.05, 0) is 37.1 Å². The number of hydrogen-bond donors (Lipinski definition) is 0. The number of benzene rings is 3. The second-order valence-electron chi connectivity index (χ2n) is 8.76. The molecule has 0 aliphatic carbocycles. The van der Waals surface area contributed by atoms with Crippen LogP contribution in [-0.2, 0) is 6.54 Å². The molecule has 5 nitrogen and oxygen atoms in total. The van der Waals surface area contributed by atoms with E-state index in [4.69, 9.17) is 0 Å². The fourth-order valence-electron chi connectivity index (χ4n) is 3.98. The van der Waals surface area contributed by atoms with Crippen molar-refractivity contribution >= 4 is 17.5 Å². The van der Waals surface area contributed by atoms with Crippen LogP contribution in [0.4, 0.5) is 0 Å². The van der Waals surface area contributed by atoms with Crippen molar-refractivity contribution in [2.24, 2.45) is 0 Å². The molecule has 1 unspecified atom stereocenters. The summed E-state index contributed by atoms with van der Waals surface area (Å²) in [6.07, 6.45) is 3.53. The van der Waals surface area contributed by atoms with Gasteiger partial charge in [0.05, 0.1) is 6.54 Å². The third-order valence-electron chi connectivity index (χ3n) is 6.00. The first kappa shape index (κ1) is 23.7. The number of ketones is 1. The highest BCUT2D eigenvalue weighted by molar-refractivity contribution is 8.00. The summed E-state index contributed by atoms with van der Waals surface area (Å²) >= 11 is 1.44. The molecule has 0 aliphatic heterocycles. The highest BCUT2D eigenvalue weighted by atomic mass is 32.2. The van der Waals surface area contributed by atoms with E-state index in [1.54, 1.807) is 12.4 Å². The minimum Gasteiger partial charge on any atom is -0.297 e. The molecule has 0 fully saturated rings. The van der Waals surface area contributed by atoms with E-state index in [9.17, 15) is 4.79 Å². The van der Waals surface area contributed by atoms with E-state index in [0.29, 0.717) is 17.3 Å². The summed E-state index contributed by atoms with van der Waals surface area (Å²) in [6.45, 7) is 4.65. The van der Waals surface area contributed by atoms with Gasteiger partial charge >= 0.3 is 0 Å². The monoisotopic (exact) mass is 490 g/mol. The summed E-state index contributed by atoms with van der Waals surface area (Å²) in [4.78, 5) is 18.1. The van der Waals surface area contributed by atoms with Crippen LogP contribution >= 0.6 is 11.8 Å². The molecule has 5 rings (SSSR count). The molecule has 1 atom stereocenters. The zero-order chi connectivity index (χ0) is 24.9. The summed E-state index contributed by atoms with van der Waals surface area (Å²) in [7, 11) is 0. The maximum Gasteiger partial charge on any atom is 0.192 e. The minimum atomic E-state index is -0.464. The van der Waals surface area contributed by atoms with Crippen molar-refractivity contribution in [2.75, 3.05) is 0 Å². The molecule has 0 radical (unpaired) electrons. The van der Waals surface area contributed by atoms with Crippen molar-refractivity contribution < 1.29 is 4.79 Å². The number of rotatable bonds is 8. The normalized spacial score (nSPS) is 11.8. The first-order valence-electron chi connectivity index (χ1n) is 11.8. The molecule has 0 saturated heterocycles. The maximum atomic E-state index is 13.8. The molecule has 36 heavy (non-hydrogen) atoms. The van der Waals surface area contributed by atoms with Gasteiger partial charge in [-0.1, -0.05) is 102 Å². The van der Waals surface area contributed by atoms with Crippen molar-refractivity contribution in [3.05, 3.63) is 131 Å². The van der Waals surface area contributed by atoms with Crippen molar-refractivity contribution in [3.8, 4) is 11.4 Å². The summed E-state index contributed by atoms with van der Waals surface area (Å²) < 4.78 is 2.07. The minimum absolute atomic E-state index is 0.0426. The Balaban J connectivity index is 1.57. The number of aryl methyl sites for hydroxylation is 2. The number of hydrogen-bond acceptors (Lipinski definition) is 5. The third-order valence-corrected chi connectivity index (χ3v) is 7.23. The summed E-state index contributed by atoms with van der Waals surface area (Å²) in [5, 5.41) is 9.31. The van der Waals surface area contributed by atoms with E-state index in [0.717, 1.165) is 33.6 Å². The van der Waals surface area contributed by atoms with E-state index in [1.807, 2.05) is 92.7 Å². The van der Waals surface area contributed by atoms with Gasteiger partial charge in [-0.2, -0.15) is 0 Å². The molecule has 3 aromatic carbocycles. The highest BCUT2D eigenvalue weighted by Crippen LogP contribution is 2.38. The smallest absolute Gasteiger partial charge is 0.192 e. The van der Waals surface area contributed by atoms with Gasteiger partial charge < -0.3 is 0 Å². The average Bonchev–Trinajstić information content (AvgIpc) is 3.31. The molecule has 0 spiro atoms. The predicted octanol–water partition coefficient (Wildman–Crippen LogP) is 6.72. The molecule has 178 valence electrons. The first-order chi connectivity index (χ1) is 17.6. The molecule has 0 bridgehead atoms. The van der Waals surface area contributed by atoms with Gasteiger partial charge in [0.2, 0.25) is 0 Å². The number of Topliss-reactive ketones (excluding diaryl/α,β-unsaturated/α-hetero) is 1. The van der Waals surface area contributed by atoms with Gasteiger partial charge in [0.25, 0.3) is 0 Å². The quantitative estimate of drug-likeness (QED) is 0.178. The van der Waals surface area contributed by atoms with Gasteiger partial charge in [-0.3, -0.25) is 14.3 Å². The fraction of sp³-hybridized carbons (Fsp3) is 0.133. The van der Waals surface area contributed by atoms with Crippen molar-refractivity contribution in [1.29, 1.82) is 0 Å². The lowest BCUT2D eigenvalue weighted by Crippen LogP contribution is -2.12. The van der Waals surface area contributed by atoms with E-state index >= 15 is 0 Å². The fourth-order valence-corrected chi connectivity index (χ4v) is 5.10. The molecular formula is C30H26N4OS. The second kappa shape index (κ2) is 10.7. The number of nitrogens with zero attached hydrogens (tertiary/aromatic N) is 4. The van der Waals surface area contributed by atoms with Crippen LogP contribution in [0.3, 0.4) is 0 Å². The Hall–Kier alpha value is -4.03. The van der Waals surface area contributed by atoms with E-state index < -0.39 is 5.25 Å². The van der Waals surface area contributed by atoms with E-state index in [1.165, 1.54) is 11.8 Å². The van der Waals surface area contributed by atoms with Gasteiger partial charge in [-0.15, -0.1) is 10.2 Å². The van der Waals surface area contributed by atoms with E-state index in [2.05, 4.69) is 31.9 Å². The van der Waals surface area contributed by atoms with Crippen LogP contribution in [0.25, 0.3) is 11.4 Å². The largest absolute Gasteiger partial charge is 0.297 e. The molecular weight excluding hydrogens is 464 g/mol. The Bertz CT molecular complexity index is 1450. The Kier molecular flexibility index (Phi) is 7.05. The number of carbonyl (C=O) groups excluding carboxylic acids is 1. The Morgan fingerprint density at radius 1 is 0.833 bits per heavy atom. The van der Waals surface area contributed by atoms with Gasteiger partial charge in [0, 0.05) is 23.5 Å². The van der Waals surface area contributed by atoms with Gasteiger partial charge in [0.15, 0.2) is 16.8 Å². The van der Waals surface area contributed by atoms with Crippen LogP contribution in [0.1, 0.15) is 37.9 Å². The topological polar surface area (TPSA) is 60.7 Å². The highest BCUT2D eigenvalue weighted by Gasteiger charge is 2.27. The zero-order valence-corrected chi connectivity index (χ0v) is 21.0. The van der Waals surface area contributed by atoms with Crippen LogP contribution < -0.4 is 0 Å². The number of pyridine rings is 1. The Labute approximate surface area is 215 Å². The van der Waals surface area contributed by atoms with Gasteiger partial charge in [-0.25, -0.2) is 0 Å². The number of carbonyl (C=O) groups is 1. The SMILES string of the molecule is Cc1ccc(C(=O)C(Sc2nnc(-c3cccnc3)n2Cc2ccccc2)c2ccc(C)cc2)cc1. The Morgan fingerprint density at radius 2 is 1.53 bits per heavy atom. The van der Waals surface area contributed by atoms with Crippen molar-refractivity contribution in [2.45, 2.75) is 30.8 Å². The predicted molar refractivity (Wildman–Crippen MR) is 144 cm³/mol.